The van der Waals surface area contributed by atoms with Crippen LogP contribution in [0.1, 0.15) is 23.6 Å². The van der Waals surface area contributed by atoms with Gasteiger partial charge in [-0.25, -0.2) is 13.1 Å². The summed E-state index contributed by atoms with van der Waals surface area (Å²) in [5.74, 6) is 0.531. The number of hydrogen-bond acceptors (Lipinski definition) is 4. The molecule has 1 aromatic heterocycles. The van der Waals surface area contributed by atoms with Crippen molar-refractivity contribution in [2.45, 2.75) is 24.8 Å². The molecule has 2 fully saturated rings. The molecule has 1 aromatic carbocycles. The fourth-order valence-electron chi connectivity index (χ4n) is 3.71. The van der Waals surface area contributed by atoms with Crippen molar-refractivity contribution >= 4 is 27.3 Å². The minimum absolute atomic E-state index is 0.0502. The van der Waals surface area contributed by atoms with Crippen LogP contribution in [-0.4, -0.2) is 44.6 Å². The van der Waals surface area contributed by atoms with E-state index in [9.17, 15) is 13.2 Å². The molecule has 2 aromatic rings. The summed E-state index contributed by atoms with van der Waals surface area (Å²) in [6, 6.07) is 12.3. The van der Waals surface area contributed by atoms with Crippen molar-refractivity contribution in [3.8, 4) is 11.1 Å². The highest BCUT2D eigenvalue weighted by molar-refractivity contribution is 7.88. The van der Waals surface area contributed by atoms with Crippen LogP contribution in [0.2, 0.25) is 0 Å². The first-order valence-corrected chi connectivity index (χ1v) is 11.6. The average molecular weight is 391 g/mol. The average Bonchev–Trinajstić information content (AvgIpc) is 3.02. The van der Waals surface area contributed by atoms with Crippen molar-refractivity contribution in [2.75, 3.05) is 19.3 Å². The Bertz CT molecular complexity index is 908. The third kappa shape index (κ3) is 3.84. The summed E-state index contributed by atoms with van der Waals surface area (Å²) < 4.78 is 25.3. The molecule has 0 radical (unpaired) electrons. The number of thiophene rings is 1. The normalized spacial score (nSPS) is 25.4. The summed E-state index contributed by atoms with van der Waals surface area (Å²) in [5.41, 5.74) is 2.41. The number of carbonyl (C=O) groups is 1. The molecule has 1 saturated heterocycles. The molecule has 2 aliphatic rings. The Kier molecular flexibility index (Phi) is 4.62. The van der Waals surface area contributed by atoms with Crippen molar-refractivity contribution < 1.29 is 13.2 Å². The lowest BCUT2D eigenvalue weighted by molar-refractivity contribution is -0.131. The second kappa shape index (κ2) is 6.79. The van der Waals surface area contributed by atoms with Gasteiger partial charge in [-0.05, 0) is 35.4 Å². The summed E-state index contributed by atoms with van der Waals surface area (Å²) >= 11 is 1.72. The van der Waals surface area contributed by atoms with Crippen LogP contribution < -0.4 is 4.72 Å². The molecule has 1 aliphatic heterocycles. The summed E-state index contributed by atoms with van der Waals surface area (Å²) in [6.45, 7) is 1.11. The summed E-state index contributed by atoms with van der Waals surface area (Å²) in [4.78, 5) is 15.8. The predicted octanol–water partition coefficient (Wildman–Crippen LogP) is 2.67. The van der Waals surface area contributed by atoms with E-state index in [1.807, 2.05) is 23.1 Å². The number of benzene rings is 1. The van der Waals surface area contributed by atoms with E-state index in [0.717, 1.165) is 12.7 Å². The van der Waals surface area contributed by atoms with Crippen molar-refractivity contribution in [1.82, 2.24) is 9.62 Å². The van der Waals surface area contributed by atoms with Crippen molar-refractivity contribution in [3.63, 3.8) is 0 Å². The van der Waals surface area contributed by atoms with Gasteiger partial charge in [-0.3, -0.25) is 4.79 Å². The maximum Gasteiger partial charge on any atom is 0.226 e. The summed E-state index contributed by atoms with van der Waals surface area (Å²) in [5, 5.41) is 2.16. The molecule has 1 N–H and O–H groups in total. The first-order chi connectivity index (χ1) is 12.4. The molecule has 0 spiro atoms. The largest absolute Gasteiger partial charge is 0.341 e. The van der Waals surface area contributed by atoms with Gasteiger partial charge in [0.15, 0.2) is 0 Å². The van der Waals surface area contributed by atoms with Crippen LogP contribution in [0.15, 0.2) is 41.8 Å². The SMILES string of the molecule is CS(=O)(=O)N[C@@H]1CCN(C(=O)[C@@H]2C[C@H]2c2cc(-c3ccccc3)cs2)C1. The van der Waals surface area contributed by atoms with Gasteiger partial charge in [0, 0.05) is 35.8 Å². The van der Waals surface area contributed by atoms with E-state index < -0.39 is 10.0 Å². The maximum atomic E-state index is 12.7. The Morgan fingerprint density at radius 1 is 1.23 bits per heavy atom. The zero-order chi connectivity index (χ0) is 18.3. The monoisotopic (exact) mass is 390 g/mol. The first kappa shape index (κ1) is 17.7. The highest BCUT2D eigenvalue weighted by Crippen LogP contribution is 2.51. The van der Waals surface area contributed by atoms with Gasteiger partial charge in [-0.15, -0.1) is 11.3 Å². The fraction of sp³-hybridized carbons (Fsp3) is 0.421. The second-order valence-electron chi connectivity index (χ2n) is 7.21. The van der Waals surface area contributed by atoms with Crippen molar-refractivity contribution in [3.05, 3.63) is 46.7 Å². The fourth-order valence-corrected chi connectivity index (χ4v) is 5.60. The Balaban J connectivity index is 1.37. The van der Waals surface area contributed by atoms with Gasteiger partial charge >= 0.3 is 0 Å². The van der Waals surface area contributed by atoms with Crippen molar-refractivity contribution in [1.29, 1.82) is 0 Å². The molecule has 1 aliphatic carbocycles. The topological polar surface area (TPSA) is 66.5 Å². The zero-order valence-corrected chi connectivity index (χ0v) is 16.2. The summed E-state index contributed by atoms with van der Waals surface area (Å²) in [6.07, 6.45) is 2.75. The molecule has 0 bridgehead atoms. The summed E-state index contributed by atoms with van der Waals surface area (Å²) in [7, 11) is -3.22. The van der Waals surface area contributed by atoms with E-state index in [1.165, 1.54) is 16.0 Å². The number of amides is 1. The van der Waals surface area contributed by atoms with Crippen LogP contribution in [-0.2, 0) is 14.8 Å². The van der Waals surface area contributed by atoms with Gasteiger partial charge in [-0.2, -0.15) is 0 Å². The Labute approximate surface area is 158 Å². The quantitative estimate of drug-likeness (QED) is 0.854. The third-order valence-electron chi connectivity index (χ3n) is 5.08. The van der Waals surface area contributed by atoms with Gasteiger partial charge in [0.05, 0.1) is 6.26 Å². The van der Waals surface area contributed by atoms with Crippen LogP contribution in [0.25, 0.3) is 11.1 Å². The van der Waals surface area contributed by atoms with E-state index >= 15 is 0 Å². The molecule has 26 heavy (non-hydrogen) atoms. The molecule has 138 valence electrons. The standard InChI is InChI=1S/C19H22N2O3S2/c1-26(23,24)20-15-7-8-21(11-15)19(22)17-10-16(17)18-9-14(12-25-18)13-5-3-2-4-6-13/h2-6,9,12,15-17,20H,7-8,10-11H2,1H3/t15-,16-,17-/m1/s1. The van der Waals surface area contributed by atoms with E-state index in [-0.39, 0.29) is 17.9 Å². The molecular formula is C19H22N2O3S2. The van der Waals surface area contributed by atoms with E-state index in [0.29, 0.717) is 25.4 Å². The first-order valence-electron chi connectivity index (χ1n) is 8.80. The number of carbonyl (C=O) groups excluding carboxylic acids is 1. The lowest BCUT2D eigenvalue weighted by Crippen LogP contribution is -2.38. The minimum atomic E-state index is -3.22. The number of hydrogen-bond donors (Lipinski definition) is 1. The smallest absolute Gasteiger partial charge is 0.226 e. The van der Waals surface area contributed by atoms with Gasteiger partial charge in [0.1, 0.15) is 0 Å². The molecule has 4 rings (SSSR count). The van der Waals surface area contributed by atoms with E-state index in [2.05, 4.69) is 28.3 Å². The Morgan fingerprint density at radius 3 is 2.73 bits per heavy atom. The molecule has 3 atom stereocenters. The van der Waals surface area contributed by atoms with Crippen LogP contribution >= 0.6 is 11.3 Å². The van der Waals surface area contributed by atoms with Gasteiger partial charge in [0.2, 0.25) is 15.9 Å². The molecule has 1 saturated carbocycles. The van der Waals surface area contributed by atoms with Crippen LogP contribution in [0.5, 0.6) is 0 Å². The van der Waals surface area contributed by atoms with Gasteiger partial charge < -0.3 is 4.90 Å². The number of nitrogens with one attached hydrogen (secondary N) is 1. The highest BCUT2D eigenvalue weighted by Gasteiger charge is 2.47. The second-order valence-corrected chi connectivity index (χ2v) is 9.94. The van der Waals surface area contributed by atoms with E-state index in [1.54, 1.807) is 11.3 Å². The predicted molar refractivity (Wildman–Crippen MR) is 104 cm³/mol. The van der Waals surface area contributed by atoms with Crippen LogP contribution in [0, 0.1) is 5.92 Å². The minimum Gasteiger partial charge on any atom is -0.341 e. The van der Waals surface area contributed by atoms with Crippen LogP contribution in [0.4, 0.5) is 0 Å². The number of rotatable bonds is 5. The highest BCUT2D eigenvalue weighted by atomic mass is 32.2. The number of likely N-dealkylation sites (tertiary alicyclic amines) is 1. The van der Waals surface area contributed by atoms with Crippen LogP contribution in [0.3, 0.4) is 0 Å². The lowest BCUT2D eigenvalue weighted by atomic mass is 10.1. The molecule has 7 heteroatoms. The third-order valence-corrected chi connectivity index (χ3v) is 6.91. The van der Waals surface area contributed by atoms with E-state index in [4.69, 9.17) is 0 Å². The Hall–Kier alpha value is -1.70. The van der Waals surface area contributed by atoms with Gasteiger partial charge in [-0.1, -0.05) is 30.3 Å². The number of nitrogens with zero attached hydrogens (tertiary/aromatic N) is 1. The zero-order valence-electron chi connectivity index (χ0n) is 14.6. The molecule has 2 heterocycles. The van der Waals surface area contributed by atoms with Gasteiger partial charge in [0.25, 0.3) is 0 Å². The molecular weight excluding hydrogens is 368 g/mol. The molecule has 1 amide bonds. The molecule has 0 unspecified atom stereocenters. The molecule has 5 nitrogen and oxygen atoms in total. The maximum absolute atomic E-state index is 12.7. The number of sulfonamides is 1. The lowest BCUT2D eigenvalue weighted by Gasteiger charge is -2.16. The van der Waals surface area contributed by atoms with Crippen molar-refractivity contribution in [2.24, 2.45) is 5.92 Å². The Morgan fingerprint density at radius 2 is 2.00 bits per heavy atom.